The van der Waals surface area contributed by atoms with E-state index in [0.29, 0.717) is 11.2 Å². The van der Waals surface area contributed by atoms with E-state index in [4.69, 9.17) is 11.6 Å². The van der Waals surface area contributed by atoms with Gasteiger partial charge in [0.05, 0.1) is 11.7 Å². The molecule has 0 bridgehead atoms. The highest BCUT2D eigenvalue weighted by atomic mass is 35.5. The summed E-state index contributed by atoms with van der Waals surface area (Å²) in [4.78, 5) is 5.48. The van der Waals surface area contributed by atoms with Gasteiger partial charge in [0.15, 0.2) is 5.15 Å². The van der Waals surface area contributed by atoms with Crippen LogP contribution < -0.4 is 5.32 Å². The molecule has 1 unspecified atom stereocenters. The Balaban J connectivity index is 1.84. The van der Waals surface area contributed by atoms with E-state index in [2.05, 4.69) is 27.8 Å². The molecule has 0 aliphatic heterocycles. The van der Waals surface area contributed by atoms with Gasteiger partial charge in [0.2, 0.25) is 0 Å². The predicted octanol–water partition coefficient (Wildman–Crippen LogP) is 4.36. The molecule has 3 rings (SSSR count). The van der Waals surface area contributed by atoms with Crippen LogP contribution in [0.2, 0.25) is 5.15 Å². The van der Waals surface area contributed by atoms with Crippen molar-refractivity contribution in [2.45, 2.75) is 18.9 Å². The Kier molecular flexibility index (Phi) is 3.04. The van der Waals surface area contributed by atoms with Crippen LogP contribution >= 0.6 is 22.9 Å². The Bertz CT molecular complexity index is 494. The van der Waals surface area contributed by atoms with E-state index >= 15 is 0 Å². The van der Waals surface area contributed by atoms with Gasteiger partial charge in [-0.1, -0.05) is 17.7 Å². The third-order valence-electron chi connectivity index (χ3n) is 3.01. The average Bonchev–Trinajstić information content (AvgIpc) is 3.03. The number of hydrogen-bond acceptors (Lipinski definition) is 3. The summed E-state index contributed by atoms with van der Waals surface area (Å²) in [6.07, 6.45) is 4.31. The third-order valence-corrected chi connectivity index (χ3v) is 4.27. The minimum absolute atomic E-state index is 0.386. The van der Waals surface area contributed by atoms with Crippen LogP contribution in [0.15, 0.2) is 35.8 Å². The molecule has 1 atom stereocenters. The van der Waals surface area contributed by atoms with Crippen LogP contribution in [0.4, 0.5) is 5.69 Å². The molecule has 2 nitrogen and oxygen atoms in total. The molecule has 1 saturated carbocycles. The SMILES string of the molecule is Clc1ncccc1NC(c1cccs1)C1CC1. The summed E-state index contributed by atoms with van der Waals surface area (Å²) in [5.74, 6) is 0.741. The van der Waals surface area contributed by atoms with Crippen LogP contribution in [0.25, 0.3) is 0 Å². The Morgan fingerprint density at radius 2 is 2.24 bits per heavy atom. The van der Waals surface area contributed by atoms with E-state index in [1.165, 1.54) is 17.7 Å². The molecule has 0 aromatic carbocycles. The molecule has 1 aliphatic carbocycles. The summed E-state index contributed by atoms with van der Waals surface area (Å²) in [6, 6.07) is 8.56. The fourth-order valence-electron chi connectivity index (χ4n) is 1.98. The molecule has 0 radical (unpaired) electrons. The largest absolute Gasteiger partial charge is 0.375 e. The molecule has 1 N–H and O–H groups in total. The molecule has 2 aromatic heterocycles. The summed E-state index contributed by atoms with van der Waals surface area (Å²) in [6.45, 7) is 0. The lowest BCUT2D eigenvalue weighted by Crippen LogP contribution is -2.11. The van der Waals surface area contributed by atoms with Crippen LogP contribution in [0, 0.1) is 5.92 Å². The van der Waals surface area contributed by atoms with E-state index < -0.39 is 0 Å². The first kappa shape index (κ1) is 11.1. The lowest BCUT2D eigenvalue weighted by molar-refractivity contribution is 0.690. The van der Waals surface area contributed by atoms with E-state index in [1.807, 2.05) is 12.1 Å². The van der Waals surface area contributed by atoms with Crippen molar-refractivity contribution in [1.82, 2.24) is 4.98 Å². The third kappa shape index (κ3) is 2.45. The summed E-state index contributed by atoms with van der Waals surface area (Å²) in [7, 11) is 0. The van der Waals surface area contributed by atoms with E-state index in [1.54, 1.807) is 17.5 Å². The number of rotatable bonds is 4. The molecule has 0 spiro atoms. The van der Waals surface area contributed by atoms with Crippen molar-refractivity contribution in [3.05, 3.63) is 45.9 Å². The first-order chi connectivity index (χ1) is 8.34. The lowest BCUT2D eigenvalue weighted by atomic mass is 10.1. The summed E-state index contributed by atoms with van der Waals surface area (Å²) < 4.78 is 0. The molecular weight excluding hydrogens is 252 g/mol. The van der Waals surface area contributed by atoms with Gasteiger partial charge in [-0.3, -0.25) is 0 Å². The number of nitrogens with one attached hydrogen (secondary N) is 1. The molecule has 0 saturated heterocycles. The highest BCUT2D eigenvalue weighted by Gasteiger charge is 2.33. The zero-order chi connectivity index (χ0) is 11.7. The second-order valence-corrected chi connectivity index (χ2v) is 5.65. The quantitative estimate of drug-likeness (QED) is 0.830. The first-order valence-electron chi connectivity index (χ1n) is 5.75. The molecule has 4 heteroatoms. The molecular formula is C13H13ClN2S. The van der Waals surface area contributed by atoms with Gasteiger partial charge in [-0.2, -0.15) is 0 Å². The molecule has 1 fully saturated rings. The molecule has 1 aliphatic rings. The van der Waals surface area contributed by atoms with E-state index in [-0.39, 0.29) is 0 Å². The standard InChI is InChI=1S/C13H13ClN2S/c14-13-10(3-1-7-15-13)16-12(9-5-6-9)11-4-2-8-17-11/h1-4,7-9,12,16H,5-6H2. The van der Waals surface area contributed by atoms with Gasteiger partial charge < -0.3 is 5.32 Å². The number of pyridine rings is 1. The fourth-order valence-corrected chi connectivity index (χ4v) is 3.02. The Morgan fingerprint density at radius 1 is 1.35 bits per heavy atom. The molecule has 17 heavy (non-hydrogen) atoms. The monoisotopic (exact) mass is 264 g/mol. The number of aromatic nitrogens is 1. The maximum atomic E-state index is 6.08. The highest BCUT2D eigenvalue weighted by molar-refractivity contribution is 7.10. The van der Waals surface area contributed by atoms with Crippen molar-refractivity contribution < 1.29 is 0 Å². The number of nitrogens with zero attached hydrogens (tertiary/aromatic N) is 1. The van der Waals surface area contributed by atoms with Crippen LogP contribution in [0.5, 0.6) is 0 Å². The number of anilines is 1. The van der Waals surface area contributed by atoms with Crippen molar-refractivity contribution in [2.75, 3.05) is 5.32 Å². The smallest absolute Gasteiger partial charge is 0.152 e. The molecule has 2 aromatic rings. The zero-order valence-corrected chi connectivity index (χ0v) is 10.8. The zero-order valence-electron chi connectivity index (χ0n) is 9.27. The van der Waals surface area contributed by atoms with Gasteiger partial charge in [-0.15, -0.1) is 11.3 Å². The Morgan fingerprint density at radius 3 is 2.88 bits per heavy atom. The van der Waals surface area contributed by atoms with Crippen LogP contribution in [-0.4, -0.2) is 4.98 Å². The van der Waals surface area contributed by atoms with Gasteiger partial charge in [-0.05, 0) is 42.3 Å². The predicted molar refractivity (Wildman–Crippen MR) is 72.7 cm³/mol. The Hall–Kier alpha value is -1.06. The molecule has 88 valence electrons. The summed E-state index contributed by atoms with van der Waals surface area (Å²) in [5, 5.41) is 6.20. The van der Waals surface area contributed by atoms with Crippen molar-refractivity contribution in [3.8, 4) is 0 Å². The maximum Gasteiger partial charge on any atom is 0.152 e. The van der Waals surface area contributed by atoms with Gasteiger partial charge >= 0.3 is 0 Å². The first-order valence-corrected chi connectivity index (χ1v) is 7.01. The van der Waals surface area contributed by atoms with Crippen LogP contribution in [0.1, 0.15) is 23.8 Å². The molecule has 0 amide bonds. The molecule has 2 heterocycles. The van der Waals surface area contributed by atoms with Gasteiger partial charge in [0, 0.05) is 11.1 Å². The van der Waals surface area contributed by atoms with Crippen molar-refractivity contribution in [3.63, 3.8) is 0 Å². The van der Waals surface area contributed by atoms with Crippen molar-refractivity contribution in [2.24, 2.45) is 5.92 Å². The van der Waals surface area contributed by atoms with Crippen molar-refractivity contribution in [1.29, 1.82) is 0 Å². The second-order valence-electron chi connectivity index (χ2n) is 4.32. The maximum absolute atomic E-state index is 6.08. The Labute approximate surface area is 110 Å². The lowest BCUT2D eigenvalue weighted by Gasteiger charge is -2.18. The second kappa shape index (κ2) is 4.67. The fraction of sp³-hybridized carbons (Fsp3) is 0.308. The minimum Gasteiger partial charge on any atom is -0.375 e. The van der Waals surface area contributed by atoms with Gasteiger partial charge in [0.25, 0.3) is 0 Å². The van der Waals surface area contributed by atoms with Gasteiger partial charge in [-0.25, -0.2) is 4.98 Å². The van der Waals surface area contributed by atoms with E-state index in [0.717, 1.165) is 11.6 Å². The number of hydrogen-bond donors (Lipinski definition) is 1. The average molecular weight is 265 g/mol. The van der Waals surface area contributed by atoms with Crippen LogP contribution in [0.3, 0.4) is 0 Å². The highest BCUT2D eigenvalue weighted by Crippen LogP contribution is 2.44. The number of halogens is 1. The van der Waals surface area contributed by atoms with Crippen LogP contribution in [-0.2, 0) is 0 Å². The van der Waals surface area contributed by atoms with Crippen molar-refractivity contribution >= 4 is 28.6 Å². The topological polar surface area (TPSA) is 24.9 Å². The van der Waals surface area contributed by atoms with Gasteiger partial charge in [0.1, 0.15) is 0 Å². The number of thiophene rings is 1. The minimum atomic E-state index is 0.386. The summed E-state index contributed by atoms with van der Waals surface area (Å²) >= 11 is 7.88. The van der Waals surface area contributed by atoms with E-state index in [9.17, 15) is 0 Å². The summed E-state index contributed by atoms with van der Waals surface area (Å²) in [5.41, 5.74) is 0.930. The normalized spacial score (nSPS) is 16.8.